The second-order valence-corrected chi connectivity index (χ2v) is 9.88. The highest BCUT2D eigenvalue weighted by Gasteiger charge is 2.32. The van der Waals surface area contributed by atoms with Gasteiger partial charge in [-0.25, -0.2) is 0 Å². The van der Waals surface area contributed by atoms with Crippen molar-refractivity contribution in [1.29, 1.82) is 0 Å². The molecule has 2 amide bonds. The van der Waals surface area contributed by atoms with Gasteiger partial charge in [0.25, 0.3) is 0 Å². The molecule has 1 saturated carbocycles. The normalized spacial score (nSPS) is 14.5. The summed E-state index contributed by atoms with van der Waals surface area (Å²) in [5.41, 5.74) is 4.03. The smallest absolute Gasteiger partial charge is 0.243 e. The van der Waals surface area contributed by atoms with E-state index in [1.807, 2.05) is 85.8 Å². The highest BCUT2D eigenvalue weighted by atomic mass is 35.5. The number of hydrogen-bond donors (Lipinski definition) is 1. The number of rotatable bonds is 9. The zero-order valence-electron chi connectivity index (χ0n) is 20.3. The monoisotopic (exact) mass is 488 g/mol. The second-order valence-electron chi connectivity index (χ2n) is 9.45. The second kappa shape index (κ2) is 12.0. The van der Waals surface area contributed by atoms with Crippen molar-refractivity contribution in [3.63, 3.8) is 0 Å². The van der Waals surface area contributed by atoms with Gasteiger partial charge in [0.2, 0.25) is 11.8 Å². The molecule has 0 aliphatic heterocycles. The van der Waals surface area contributed by atoms with Crippen LogP contribution in [0.25, 0.3) is 0 Å². The van der Waals surface area contributed by atoms with Crippen LogP contribution in [0.5, 0.6) is 0 Å². The van der Waals surface area contributed by atoms with Crippen LogP contribution in [0.2, 0.25) is 5.02 Å². The van der Waals surface area contributed by atoms with E-state index in [-0.39, 0.29) is 24.3 Å². The molecule has 4 nitrogen and oxygen atoms in total. The van der Waals surface area contributed by atoms with Crippen molar-refractivity contribution in [3.05, 3.63) is 106 Å². The topological polar surface area (TPSA) is 49.4 Å². The maximum Gasteiger partial charge on any atom is 0.243 e. The average Bonchev–Trinajstić information content (AvgIpc) is 3.37. The molecule has 0 spiro atoms. The van der Waals surface area contributed by atoms with Crippen LogP contribution in [0.4, 0.5) is 0 Å². The van der Waals surface area contributed by atoms with Gasteiger partial charge in [0.15, 0.2) is 0 Å². The lowest BCUT2D eigenvalue weighted by Crippen LogP contribution is -2.52. The summed E-state index contributed by atoms with van der Waals surface area (Å²) < 4.78 is 0. The molecule has 0 unspecified atom stereocenters. The van der Waals surface area contributed by atoms with Crippen molar-refractivity contribution in [3.8, 4) is 0 Å². The summed E-state index contributed by atoms with van der Waals surface area (Å²) in [7, 11) is 0. The van der Waals surface area contributed by atoms with E-state index in [0.717, 1.165) is 47.9 Å². The highest BCUT2D eigenvalue weighted by molar-refractivity contribution is 6.30. The van der Waals surface area contributed by atoms with Crippen molar-refractivity contribution in [2.75, 3.05) is 0 Å². The minimum absolute atomic E-state index is 0.0586. The molecule has 0 heterocycles. The molecular weight excluding hydrogens is 456 g/mol. The predicted octanol–water partition coefficient (Wildman–Crippen LogP) is 5.89. The number of halogens is 1. The van der Waals surface area contributed by atoms with Crippen molar-refractivity contribution in [2.24, 2.45) is 0 Å². The number of hydrogen-bond acceptors (Lipinski definition) is 2. The first-order chi connectivity index (χ1) is 17.0. The van der Waals surface area contributed by atoms with Gasteiger partial charge < -0.3 is 10.2 Å². The molecule has 182 valence electrons. The van der Waals surface area contributed by atoms with Gasteiger partial charge >= 0.3 is 0 Å². The molecule has 0 radical (unpaired) electrons. The Morgan fingerprint density at radius 2 is 1.57 bits per heavy atom. The van der Waals surface area contributed by atoms with E-state index in [2.05, 4.69) is 5.32 Å². The number of amides is 2. The van der Waals surface area contributed by atoms with Crippen LogP contribution in [0, 0.1) is 6.92 Å². The fourth-order valence-corrected chi connectivity index (χ4v) is 4.91. The fourth-order valence-electron chi connectivity index (χ4n) is 4.78. The molecule has 1 aliphatic rings. The number of benzene rings is 3. The van der Waals surface area contributed by atoms with Gasteiger partial charge in [-0.15, -0.1) is 0 Å². The zero-order chi connectivity index (χ0) is 24.6. The lowest BCUT2D eigenvalue weighted by atomic mass is 10.00. The van der Waals surface area contributed by atoms with Crippen LogP contribution in [0.1, 0.15) is 47.9 Å². The van der Waals surface area contributed by atoms with Crippen molar-refractivity contribution < 1.29 is 9.59 Å². The van der Waals surface area contributed by atoms with E-state index in [4.69, 9.17) is 11.6 Å². The largest absolute Gasteiger partial charge is 0.352 e. The van der Waals surface area contributed by atoms with Gasteiger partial charge in [0.05, 0.1) is 6.42 Å². The highest BCUT2D eigenvalue weighted by Crippen LogP contribution is 2.21. The van der Waals surface area contributed by atoms with Gasteiger partial charge in [0.1, 0.15) is 6.04 Å². The lowest BCUT2D eigenvalue weighted by molar-refractivity contribution is -0.141. The molecular formula is C30H33ClN2O2. The molecule has 3 aromatic carbocycles. The average molecular weight is 489 g/mol. The molecule has 1 N–H and O–H groups in total. The Kier molecular flexibility index (Phi) is 8.59. The molecule has 4 rings (SSSR count). The first-order valence-electron chi connectivity index (χ1n) is 12.4. The summed E-state index contributed by atoms with van der Waals surface area (Å²) in [6.07, 6.45) is 4.98. The van der Waals surface area contributed by atoms with E-state index in [0.29, 0.717) is 18.0 Å². The summed E-state index contributed by atoms with van der Waals surface area (Å²) >= 11 is 6.11. The van der Waals surface area contributed by atoms with Gasteiger partial charge in [-0.05, 0) is 54.2 Å². The van der Waals surface area contributed by atoms with Crippen LogP contribution >= 0.6 is 11.6 Å². The quantitative estimate of drug-likeness (QED) is 0.408. The molecule has 1 fully saturated rings. The number of aryl methyl sites for hydroxylation is 1. The Morgan fingerprint density at radius 1 is 0.914 bits per heavy atom. The SMILES string of the molecule is Cc1ccccc1CC(=O)N(Cc1ccc(Cl)cc1)[C@@H](Cc1ccccc1)C(=O)NC1CCCC1. The van der Waals surface area contributed by atoms with Crippen LogP contribution in [0.3, 0.4) is 0 Å². The fraction of sp³-hybridized carbons (Fsp3) is 0.333. The third kappa shape index (κ3) is 6.95. The molecule has 0 aromatic heterocycles. The van der Waals surface area contributed by atoms with E-state index in [1.165, 1.54) is 0 Å². The maximum absolute atomic E-state index is 13.8. The van der Waals surface area contributed by atoms with Crippen LogP contribution in [-0.2, 0) is 29.0 Å². The number of nitrogens with one attached hydrogen (secondary N) is 1. The Morgan fingerprint density at radius 3 is 2.26 bits per heavy atom. The molecule has 1 atom stereocenters. The molecule has 3 aromatic rings. The third-order valence-corrected chi connectivity index (χ3v) is 7.09. The van der Waals surface area contributed by atoms with Crippen molar-refractivity contribution >= 4 is 23.4 Å². The first kappa shape index (κ1) is 25.0. The van der Waals surface area contributed by atoms with Gasteiger partial charge in [-0.1, -0.05) is 91.2 Å². The number of carbonyl (C=O) groups is 2. The zero-order valence-corrected chi connectivity index (χ0v) is 21.0. The van der Waals surface area contributed by atoms with Gasteiger partial charge in [0, 0.05) is 24.0 Å². The number of nitrogens with zero attached hydrogens (tertiary/aromatic N) is 1. The molecule has 35 heavy (non-hydrogen) atoms. The molecule has 0 saturated heterocycles. The minimum atomic E-state index is -0.606. The first-order valence-corrected chi connectivity index (χ1v) is 12.8. The van der Waals surface area contributed by atoms with E-state index >= 15 is 0 Å². The van der Waals surface area contributed by atoms with E-state index in [1.54, 1.807) is 4.90 Å². The van der Waals surface area contributed by atoms with Crippen molar-refractivity contribution in [1.82, 2.24) is 10.2 Å². The Balaban J connectivity index is 1.66. The Hall–Kier alpha value is -3.11. The predicted molar refractivity (Wildman–Crippen MR) is 141 cm³/mol. The van der Waals surface area contributed by atoms with Crippen LogP contribution < -0.4 is 5.32 Å². The summed E-state index contributed by atoms with van der Waals surface area (Å²) in [6.45, 7) is 2.36. The molecule has 5 heteroatoms. The molecule has 1 aliphatic carbocycles. The summed E-state index contributed by atoms with van der Waals surface area (Å²) in [6, 6.07) is 24.9. The van der Waals surface area contributed by atoms with Gasteiger partial charge in [-0.2, -0.15) is 0 Å². The standard InChI is InChI=1S/C30H33ClN2O2/c1-22-9-5-6-12-25(22)20-29(34)33(21-24-15-17-26(31)18-16-24)28(19-23-10-3-2-4-11-23)30(35)32-27-13-7-8-14-27/h2-6,9-12,15-18,27-28H,7-8,13-14,19-21H2,1H3,(H,32,35)/t28-/m0/s1. The number of carbonyl (C=O) groups excluding carboxylic acids is 2. The van der Waals surface area contributed by atoms with Crippen LogP contribution in [0.15, 0.2) is 78.9 Å². The Bertz CT molecular complexity index is 1120. The van der Waals surface area contributed by atoms with E-state index < -0.39 is 6.04 Å². The van der Waals surface area contributed by atoms with Crippen molar-refractivity contribution in [2.45, 2.75) is 64.1 Å². The third-order valence-electron chi connectivity index (χ3n) is 6.84. The summed E-state index contributed by atoms with van der Waals surface area (Å²) in [5.74, 6) is -0.135. The molecule has 0 bridgehead atoms. The maximum atomic E-state index is 13.8. The lowest BCUT2D eigenvalue weighted by Gasteiger charge is -2.32. The summed E-state index contributed by atoms with van der Waals surface area (Å²) in [5, 5.41) is 3.90. The summed E-state index contributed by atoms with van der Waals surface area (Å²) in [4.78, 5) is 29.3. The Labute approximate surface area is 213 Å². The minimum Gasteiger partial charge on any atom is -0.352 e. The van der Waals surface area contributed by atoms with Crippen LogP contribution in [-0.4, -0.2) is 28.8 Å². The van der Waals surface area contributed by atoms with E-state index in [9.17, 15) is 9.59 Å². The van der Waals surface area contributed by atoms with Gasteiger partial charge in [-0.3, -0.25) is 9.59 Å².